The Morgan fingerprint density at radius 1 is 1.19 bits per heavy atom. The van der Waals surface area contributed by atoms with Crippen molar-refractivity contribution < 1.29 is 34.1 Å². The van der Waals surface area contributed by atoms with E-state index in [9.17, 15) is 19.5 Å². The number of methoxy groups -OCH3 is 1. The number of carbonyl (C=O) groups excluding carboxylic acids is 1. The third kappa shape index (κ3) is 5.21. The molecule has 0 radical (unpaired) electrons. The summed E-state index contributed by atoms with van der Waals surface area (Å²) in [5, 5.41) is 18.4. The summed E-state index contributed by atoms with van der Waals surface area (Å²) in [5.41, 5.74) is 0.894. The van der Waals surface area contributed by atoms with Crippen LogP contribution >= 0.6 is 23.4 Å². The monoisotopic (exact) mass is 476 g/mol. The molecule has 2 N–H and O–H groups in total. The number of aliphatic imine (C=N–C) groups is 1. The van der Waals surface area contributed by atoms with Crippen molar-refractivity contribution in [2.75, 3.05) is 20.8 Å². The number of halogens is 1. The maximum absolute atomic E-state index is 12.7. The summed E-state index contributed by atoms with van der Waals surface area (Å²) < 4.78 is 10.4. The molecule has 0 saturated carbocycles. The summed E-state index contributed by atoms with van der Waals surface area (Å²) in [4.78, 5) is 40.7. The quantitative estimate of drug-likeness (QED) is 0.579. The van der Waals surface area contributed by atoms with Gasteiger partial charge in [0.05, 0.1) is 28.3 Å². The molecule has 1 saturated heterocycles. The predicted molar refractivity (Wildman–Crippen MR) is 120 cm³/mol. The molecule has 32 heavy (non-hydrogen) atoms. The number of likely N-dealkylation sites (N-methyl/N-ethyl adjacent to an activating group) is 1. The van der Waals surface area contributed by atoms with E-state index >= 15 is 0 Å². The highest BCUT2D eigenvalue weighted by molar-refractivity contribution is 8.18. The average Bonchev–Trinajstić information content (AvgIpc) is 3.01. The number of carbonyl (C=O) groups is 3. The lowest BCUT2D eigenvalue weighted by molar-refractivity contribution is -0.139. The lowest BCUT2D eigenvalue weighted by atomic mass is 10.2. The van der Waals surface area contributed by atoms with Gasteiger partial charge in [0.15, 0.2) is 23.3 Å². The number of ether oxygens (including phenoxy) is 2. The first kappa shape index (κ1) is 23.2. The van der Waals surface area contributed by atoms with Crippen LogP contribution in [-0.4, -0.2) is 58.9 Å². The van der Waals surface area contributed by atoms with Crippen molar-refractivity contribution in [2.24, 2.45) is 4.99 Å². The molecule has 1 heterocycles. The van der Waals surface area contributed by atoms with Gasteiger partial charge < -0.3 is 19.7 Å². The molecule has 2 aromatic rings. The summed E-state index contributed by atoms with van der Waals surface area (Å²) in [5.74, 6) is -1.99. The number of carboxylic acids is 2. The molecule has 9 nitrogen and oxygen atoms in total. The van der Waals surface area contributed by atoms with Gasteiger partial charge in [0.1, 0.15) is 0 Å². The molecule has 1 aliphatic rings. The van der Waals surface area contributed by atoms with Gasteiger partial charge in [-0.1, -0.05) is 17.7 Å². The maximum Gasteiger partial charge on any atom is 0.341 e. The molecular formula is C21H17ClN2O7S. The first-order valence-electron chi connectivity index (χ1n) is 9.01. The number of benzene rings is 2. The van der Waals surface area contributed by atoms with Crippen LogP contribution in [0.5, 0.6) is 11.5 Å². The SMILES string of the molecule is COc1cc(/C=C2/SC(=Nc3ccc(Cl)c(C(=O)O)c3)N(C)C2=O)ccc1OCC(=O)O. The Morgan fingerprint density at radius 2 is 1.94 bits per heavy atom. The van der Waals surface area contributed by atoms with Crippen LogP contribution in [-0.2, 0) is 9.59 Å². The Balaban J connectivity index is 1.87. The molecule has 0 atom stereocenters. The highest BCUT2D eigenvalue weighted by Crippen LogP contribution is 2.35. The van der Waals surface area contributed by atoms with Crippen molar-refractivity contribution in [1.82, 2.24) is 4.90 Å². The minimum atomic E-state index is -1.18. The first-order chi connectivity index (χ1) is 15.2. The van der Waals surface area contributed by atoms with E-state index in [2.05, 4.69) is 4.99 Å². The zero-order valence-electron chi connectivity index (χ0n) is 16.9. The fourth-order valence-electron chi connectivity index (χ4n) is 2.69. The van der Waals surface area contributed by atoms with Gasteiger partial charge in [-0.2, -0.15) is 0 Å². The van der Waals surface area contributed by atoms with Crippen molar-refractivity contribution in [3.8, 4) is 11.5 Å². The van der Waals surface area contributed by atoms with Gasteiger partial charge in [-0.15, -0.1) is 0 Å². The Kier molecular flexibility index (Phi) is 7.06. The molecule has 1 amide bonds. The molecule has 11 heteroatoms. The summed E-state index contributed by atoms with van der Waals surface area (Å²) in [6, 6.07) is 9.16. The van der Waals surface area contributed by atoms with Crippen molar-refractivity contribution in [2.45, 2.75) is 0 Å². The molecule has 166 valence electrons. The van der Waals surface area contributed by atoms with Crippen LogP contribution < -0.4 is 9.47 Å². The standard InChI is InChI=1S/C21H17ClN2O7S/c1-24-19(27)17(8-11-3-6-15(16(7-11)30-2)31-10-18(25)26)32-21(24)23-12-4-5-14(22)13(9-12)20(28)29/h3-9H,10H2,1-2H3,(H,25,26)(H,28,29)/b17-8+,23-21?. The van der Waals surface area contributed by atoms with Crippen molar-refractivity contribution in [3.63, 3.8) is 0 Å². The lowest BCUT2D eigenvalue weighted by Gasteiger charge is -2.10. The highest BCUT2D eigenvalue weighted by atomic mass is 35.5. The molecule has 1 fully saturated rings. The molecule has 2 aromatic carbocycles. The number of hydrogen-bond acceptors (Lipinski definition) is 7. The van der Waals surface area contributed by atoms with E-state index in [1.807, 2.05) is 0 Å². The zero-order chi connectivity index (χ0) is 23.4. The van der Waals surface area contributed by atoms with Gasteiger partial charge in [-0.3, -0.25) is 9.69 Å². The summed E-state index contributed by atoms with van der Waals surface area (Å²) >= 11 is 7.01. The Bertz CT molecular complexity index is 1160. The number of aromatic carboxylic acids is 1. The number of carboxylic acid groups (broad SMARTS) is 2. The summed E-state index contributed by atoms with van der Waals surface area (Å²) in [6.07, 6.45) is 1.64. The maximum atomic E-state index is 12.7. The van der Waals surface area contributed by atoms with Crippen LogP contribution in [0.25, 0.3) is 6.08 Å². The average molecular weight is 477 g/mol. The van der Waals surface area contributed by atoms with Crippen LogP contribution in [0.3, 0.4) is 0 Å². The smallest absolute Gasteiger partial charge is 0.341 e. The van der Waals surface area contributed by atoms with Crippen LogP contribution in [0.4, 0.5) is 5.69 Å². The molecule has 0 bridgehead atoms. The van der Waals surface area contributed by atoms with Crippen molar-refractivity contribution in [3.05, 3.63) is 57.5 Å². The van der Waals surface area contributed by atoms with E-state index in [1.165, 1.54) is 24.1 Å². The van der Waals surface area contributed by atoms with Gasteiger partial charge in [0, 0.05) is 7.05 Å². The van der Waals surface area contributed by atoms with Crippen LogP contribution in [0.1, 0.15) is 15.9 Å². The number of amidine groups is 1. The zero-order valence-corrected chi connectivity index (χ0v) is 18.4. The fraction of sp³-hybridized carbons (Fsp3) is 0.143. The van der Waals surface area contributed by atoms with Gasteiger partial charge in [0.25, 0.3) is 5.91 Å². The Morgan fingerprint density at radius 3 is 2.59 bits per heavy atom. The Labute approximate surface area is 191 Å². The second kappa shape index (κ2) is 9.75. The number of nitrogens with zero attached hydrogens (tertiary/aromatic N) is 2. The third-order valence-corrected chi connectivity index (χ3v) is 5.63. The van der Waals surface area contributed by atoms with Crippen molar-refractivity contribution in [1.29, 1.82) is 0 Å². The summed E-state index contributed by atoms with van der Waals surface area (Å²) in [7, 11) is 2.98. The fourth-order valence-corrected chi connectivity index (χ4v) is 3.88. The first-order valence-corrected chi connectivity index (χ1v) is 10.2. The van der Waals surface area contributed by atoms with E-state index in [1.54, 1.807) is 37.4 Å². The largest absolute Gasteiger partial charge is 0.493 e. The topological polar surface area (TPSA) is 126 Å². The lowest BCUT2D eigenvalue weighted by Crippen LogP contribution is -2.23. The molecule has 3 rings (SSSR count). The number of thioether (sulfide) groups is 1. The second-order valence-corrected chi connectivity index (χ2v) is 7.85. The minimum Gasteiger partial charge on any atom is -0.493 e. The normalized spacial score (nSPS) is 16.0. The minimum absolute atomic E-state index is 0.0847. The summed E-state index contributed by atoms with van der Waals surface area (Å²) in [6.45, 7) is -0.510. The second-order valence-electron chi connectivity index (χ2n) is 6.43. The highest BCUT2D eigenvalue weighted by Gasteiger charge is 2.30. The van der Waals surface area contributed by atoms with Gasteiger partial charge in [-0.05, 0) is 53.7 Å². The van der Waals surface area contributed by atoms with E-state index < -0.39 is 18.5 Å². The van der Waals surface area contributed by atoms with Crippen LogP contribution in [0, 0.1) is 0 Å². The molecule has 0 unspecified atom stereocenters. The van der Waals surface area contributed by atoms with E-state index in [4.69, 9.17) is 26.2 Å². The van der Waals surface area contributed by atoms with Gasteiger partial charge in [-0.25, -0.2) is 14.6 Å². The van der Waals surface area contributed by atoms with Gasteiger partial charge >= 0.3 is 11.9 Å². The number of rotatable bonds is 7. The number of hydrogen-bond donors (Lipinski definition) is 2. The van der Waals surface area contributed by atoms with E-state index in [-0.39, 0.29) is 22.2 Å². The molecule has 0 aromatic heterocycles. The van der Waals surface area contributed by atoms with E-state index in [0.717, 1.165) is 11.8 Å². The molecule has 1 aliphatic heterocycles. The molecule has 0 spiro atoms. The molecular weight excluding hydrogens is 460 g/mol. The van der Waals surface area contributed by atoms with Crippen LogP contribution in [0.2, 0.25) is 5.02 Å². The predicted octanol–water partition coefficient (Wildman–Crippen LogP) is 3.74. The third-order valence-electron chi connectivity index (χ3n) is 4.25. The molecule has 0 aliphatic carbocycles. The van der Waals surface area contributed by atoms with E-state index in [0.29, 0.717) is 27.1 Å². The van der Waals surface area contributed by atoms with Crippen molar-refractivity contribution >= 4 is 58.1 Å². The van der Waals surface area contributed by atoms with Gasteiger partial charge in [0.2, 0.25) is 0 Å². The number of aliphatic carboxylic acids is 1. The van der Waals surface area contributed by atoms with Crippen LogP contribution in [0.15, 0.2) is 46.3 Å². The Hall–Kier alpha value is -3.50. The number of amides is 1.